The van der Waals surface area contributed by atoms with Crippen LogP contribution in [-0.2, 0) is 0 Å². The molecule has 0 atom stereocenters. The third-order valence-electron chi connectivity index (χ3n) is 4.50. The summed E-state index contributed by atoms with van der Waals surface area (Å²) in [5, 5.41) is 12.1. The number of aromatic carboxylic acids is 1. The molecule has 3 rings (SSSR count). The minimum atomic E-state index is -1.07. The first-order valence-electron chi connectivity index (χ1n) is 9.02. The summed E-state index contributed by atoms with van der Waals surface area (Å²) in [5.41, 5.74) is 1.78. The fourth-order valence-corrected chi connectivity index (χ4v) is 2.80. The van der Waals surface area contributed by atoms with Crippen molar-refractivity contribution in [2.24, 2.45) is 0 Å². The van der Waals surface area contributed by atoms with Gasteiger partial charge in [0.05, 0.1) is 12.2 Å². The van der Waals surface area contributed by atoms with Gasteiger partial charge in [-0.1, -0.05) is 6.92 Å². The van der Waals surface area contributed by atoms with Crippen LogP contribution in [-0.4, -0.2) is 29.6 Å². The Morgan fingerprint density at radius 1 is 1.19 bits per heavy atom. The average Bonchev–Trinajstić information content (AvgIpc) is 3.45. The number of ether oxygens (including phenoxy) is 1. The zero-order valence-corrected chi connectivity index (χ0v) is 15.3. The van der Waals surface area contributed by atoms with Crippen LogP contribution in [0.25, 0.3) is 11.1 Å². The van der Waals surface area contributed by atoms with Gasteiger partial charge in [0, 0.05) is 17.2 Å². The van der Waals surface area contributed by atoms with Crippen LogP contribution in [0, 0.1) is 12.7 Å². The molecule has 2 N–H and O–H groups in total. The maximum absolute atomic E-state index is 14.5. The summed E-state index contributed by atoms with van der Waals surface area (Å²) >= 11 is 0. The molecule has 0 aromatic heterocycles. The SMILES string of the molecule is CCCOc1cc(C(=O)O)ccc1-c1cc(C(=O)NC2CC2)cc(F)c1C. The molecule has 1 aliphatic rings. The number of halogens is 1. The van der Waals surface area contributed by atoms with E-state index in [1.165, 1.54) is 18.2 Å². The second-order valence-corrected chi connectivity index (χ2v) is 6.74. The van der Waals surface area contributed by atoms with Crippen LogP contribution >= 0.6 is 0 Å². The van der Waals surface area contributed by atoms with Gasteiger partial charge in [-0.15, -0.1) is 0 Å². The Bertz CT molecular complexity index is 890. The molecule has 0 saturated heterocycles. The molecule has 1 amide bonds. The number of rotatable bonds is 7. The van der Waals surface area contributed by atoms with Crippen molar-refractivity contribution in [2.45, 2.75) is 39.2 Å². The van der Waals surface area contributed by atoms with Crippen molar-refractivity contribution < 1.29 is 23.8 Å². The van der Waals surface area contributed by atoms with Gasteiger partial charge in [-0.3, -0.25) is 4.79 Å². The van der Waals surface area contributed by atoms with Crippen molar-refractivity contribution in [1.82, 2.24) is 5.32 Å². The minimum Gasteiger partial charge on any atom is -0.493 e. The molecule has 0 unspecified atom stereocenters. The first kappa shape index (κ1) is 18.9. The van der Waals surface area contributed by atoms with E-state index in [1.807, 2.05) is 6.92 Å². The van der Waals surface area contributed by atoms with Gasteiger partial charge in [0.15, 0.2) is 0 Å². The smallest absolute Gasteiger partial charge is 0.335 e. The maximum atomic E-state index is 14.5. The number of hydrogen-bond donors (Lipinski definition) is 2. The molecular weight excluding hydrogens is 349 g/mol. The molecule has 1 aliphatic carbocycles. The number of nitrogens with one attached hydrogen (secondary N) is 1. The van der Waals surface area contributed by atoms with Gasteiger partial charge in [-0.05, 0) is 67.6 Å². The largest absolute Gasteiger partial charge is 0.493 e. The van der Waals surface area contributed by atoms with E-state index in [0.29, 0.717) is 29.0 Å². The summed E-state index contributed by atoms with van der Waals surface area (Å²) in [6, 6.07) is 7.51. The first-order valence-corrected chi connectivity index (χ1v) is 9.02. The number of benzene rings is 2. The molecule has 2 aromatic carbocycles. The van der Waals surface area contributed by atoms with Gasteiger partial charge >= 0.3 is 5.97 Å². The molecule has 0 heterocycles. The standard InChI is InChI=1S/C21H22FNO4/c1-3-8-27-19-11-13(21(25)26)4-7-16(19)17-9-14(10-18(22)12(17)2)20(24)23-15-5-6-15/h4,7,9-11,15H,3,5-6,8H2,1-2H3,(H,23,24)(H,25,26). The molecule has 5 nitrogen and oxygen atoms in total. The van der Waals surface area contributed by atoms with Crippen LogP contribution in [0.4, 0.5) is 4.39 Å². The lowest BCUT2D eigenvalue weighted by Crippen LogP contribution is -2.25. The Morgan fingerprint density at radius 3 is 2.56 bits per heavy atom. The fraction of sp³-hybridized carbons (Fsp3) is 0.333. The summed E-state index contributed by atoms with van der Waals surface area (Å²) in [5.74, 6) is -1.50. The van der Waals surface area contributed by atoms with E-state index in [2.05, 4.69) is 5.32 Å². The predicted octanol–water partition coefficient (Wildman–Crippen LogP) is 4.18. The fourth-order valence-electron chi connectivity index (χ4n) is 2.80. The number of amides is 1. The van der Waals surface area contributed by atoms with Crippen LogP contribution < -0.4 is 10.1 Å². The Labute approximate surface area is 157 Å². The van der Waals surface area contributed by atoms with Crippen molar-refractivity contribution >= 4 is 11.9 Å². The van der Waals surface area contributed by atoms with E-state index in [4.69, 9.17) is 4.74 Å². The summed E-state index contributed by atoms with van der Waals surface area (Å²) < 4.78 is 20.2. The van der Waals surface area contributed by atoms with E-state index in [1.54, 1.807) is 19.1 Å². The number of carboxylic acids is 1. The van der Waals surface area contributed by atoms with Gasteiger partial charge in [-0.2, -0.15) is 0 Å². The third-order valence-corrected chi connectivity index (χ3v) is 4.50. The van der Waals surface area contributed by atoms with Crippen molar-refractivity contribution in [3.8, 4) is 16.9 Å². The zero-order chi connectivity index (χ0) is 19.6. The normalized spacial score (nSPS) is 13.3. The highest BCUT2D eigenvalue weighted by Crippen LogP contribution is 2.35. The van der Waals surface area contributed by atoms with Crippen LogP contribution in [0.3, 0.4) is 0 Å². The van der Waals surface area contributed by atoms with Gasteiger partial charge < -0.3 is 15.2 Å². The van der Waals surface area contributed by atoms with E-state index < -0.39 is 11.8 Å². The van der Waals surface area contributed by atoms with E-state index >= 15 is 0 Å². The lowest BCUT2D eigenvalue weighted by Gasteiger charge is -2.16. The maximum Gasteiger partial charge on any atom is 0.335 e. The lowest BCUT2D eigenvalue weighted by atomic mass is 9.95. The summed E-state index contributed by atoms with van der Waals surface area (Å²) in [4.78, 5) is 23.6. The average molecular weight is 371 g/mol. The highest BCUT2D eigenvalue weighted by Gasteiger charge is 2.25. The summed E-state index contributed by atoms with van der Waals surface area (Å²) in [6.07, 6.45) is 2.63. The van der Waals surface area contributed by atoms with Gasteiger partial charge in [0.25, 0.3) is 5.91 Å². The third kappa shape index (κ3) is 4.27. The minimum absolute atomic E-state index is 0.0885. The molecule has 0 spiro atoms. The second kappa shape index (κ2) is 7.78. The van der Waals surface area contributed by atoms with E-state index in [-0.39, 0.29) is 23.1 Å². The lowest BCUT2D eigenvalue weighted by molar-refractivity contribution is 0.0696. The van der Waals surface area contributed by atoms with Crippen molar-refractivity contribution in [2.75, 3.05) is 6.61 Å². The molecule has 0 radical (unpaired) electrons. The Balaban J connectivity index is 2.06. The Hall–Kier alpha value is -2.89. The summed E-state index contributed by atoms with van der Waals surface area (Å²) in [6.45, 7) is 3.97. The first-order chi connectivity index (χ1) is 12.9. The number of carboxylic acid groups (broad SMARTS) is 1. The molecule has 142 valence electrons. The predicted molar refractivity (Wildman–Crippen MR) is 99.8 cm³/mol. The van der Waals surface area contributed by atoms with Crippen LogP contribution in [0.2, 0.25) is 0 Å². The molecule has 0 bridgehead atoms. The quantitative estimate of drug-likeness (QED) is 0.766. The molecule has 2 aromatic rings. The van der Waals surface area contributed by atoms with Crippen molar-refractivity contribution in [1.29, 1.82) is 0 Å². The van der Waals surface area contributed by atoms with Crippen molar-refractivity contribution in [3.05, 3.63) is 52.8 Å². The number of carbonyl (C=O) groups is 2. The number of carbonyl (C=O) groups excluding carboxylic acids is 1. The van der Waals surface area contributed by atoms with E-state index in [0.717, 1.165) is 19.3 Å². The molecular formula is C21H22FNO4. The molecule has 27 heavy (non-hydrogen) atoms. The van der Waals surface area contributed by atoms with Crippen LogP contribution in [0.1, 0.15) is 52.5 Å². The second-order valence-electron chi connectivity index (χ2n) is 6.74. The highest BCUT2D eigenvalue weighted by atomic mass is 19.1. The summed E-state index contributed by atoms with van der Waals surface area (Å²) in [7, 11) is 0. The Morgan fingerprint density at radius 2 is 1.93 bits per heavy atom. The van der Waals surface area contributed by atoms with E-state index in [9.17, 15) is 19.1 Å². The van der Waals surface area contributed by atoms with Crippen molar-refractivity contribution in [3.63, 3.8) is 0 Å². The van der Waals surface area contributed by atoms with Crippen LogP contribution in [0.5, 0.6) is 5.75 Å². The van der Waals surface area contributed by atoms with Gasteiger partial charge in [-0.25, -0.2) is 9.18 Å². The molecule has 1 saturated carbocycles. The molecule has 6 heteroatoms. The van der Waals surface area contributed by atoms with Gasteiger partial charge in [0.1, 0.15) is 11.6 Å². The monoisotopic (exact) mass is 371 g/mol. The topological polar surface area (TPSA) is 75.6 Å². The van der Waals surface area contributed by atoms with Gasteiger partial charge in [0.2, 0.25) is 0 Å². The Kier molecular flexibility index (Phi) is 5.44. The molecule has 1 fully saturated rings. The number of hydrogen-bond acceptors (Lipinski definition) is 3. The zero-order valence-electron chi connectivity index (χ0n) is 15.3. The van der Waals surface area contributed by atoms with Crippen LogP contribution in [0.15, 0.2) is 30.3 Å². The highest BCUT2D eigenvalue weighted by molar-refractivity contribution is 5.97. The molecule has 0 aliphatic heterocycles.